The number of nitrogens with one attached hydrogen (secondary N) is 2. The number of unbranched alkanes of at least 4 members (excludes halogenated alkanes) is 1. The summed E-state index contributed by atoms with van der Waals surface area (Å²) in [4.78, 5) is 17.5. The van der Waals surface area contributed by atoms with Crippen molar-refractivity contribution >= 4 is 21.6 Å². The molecule has 1 fully saturated rings. The smallest absolute Gasteiger partial charge is 0.262 e. The number of methoxy groups -OCH3 is 1. The maximum atomic E-state index is 13.0. The number of amides is 1. The minimum atomic E-state index is -3.90. The number of hydrogen-bond acceptors (Lipinski definition) is 6. The second kappa shape index (κ2) is 11.5. The summed E-state index contributed by atoms with van der Waals surface area (Å²) in [6.45, 7) is 7.67. The minimum absolute atomic E-state index is 0.0659. The van der Waals surface area contributed by atoms with Crippen molar-refractivity contribution in [2.75, 3.05) is 58.1 Å². The molecule has 0 atom stereocenters. The summed E-state index contributed by atoms with van der Waals surface area (Å²) in [5.74, 6) is 0.146. The van der Waals surface area contributed by atoms with E-state index in [2.05, 4.69) is 26.9 Å². The van der Waals surface area contributed by atoms with Gasteiger partial charge >= 0.3 is 0 Å². The topological polar surface area (TPSA) is 91.0 Å². The van der Waals surface area contributed by atoms with Gasteiger partial charge in [0.1, 0.15) is 5.75 Å². The Labute approximate surface area is 197 Å². The number of carbonyl (C=O) groups is 1. The maximum Gasteiger partial charge on any atom is 0.262 e. The van der Waals surface area contributed by atoms with Crippen molar-refractivity contribution < 1.29 is 17.9 Å². The number of sulfonamides is 1. The molecule has 1 amide bonds. The van der Waals surface area contributed by atoms with Gasteiger partial charge in [0.2, 0.25) is 0 Å². The number of hydrogen-bond donors (Lipinski definition) is 2. The Bertz CT molecular complexity index is 1050. The molecule has 0 spiro atoms. The highest BCUT2D eigenvalue weighted by Gasteiger charge is 2.21. The highest BCUT2D eigenvalue weighted by atomic mass is 32.2. The number of carbonyl (C=O) groups excluding carboxylic acids is 1. The maximum absolute atomic E-state index is 13.0. The van der Waals surface area contributed by atoms with Gasteiger partial charge in [-0.2, -0.15) is 0 Å². The van der Waals surface area contributed by atoms with Crippen LogP contribution in [-0.2, 0) is 10.0 Å². The third kappa shape index (κ3) is 6.93. The monoisotopic (exact) mass is 474 g/mol. The number of aryl methyl sites for hydroxylation is 1. The van der Waals surface area contributed by atoms with Crippen LogP contribution < -0.4 is 14.8 Å². The van der Waals surface area contributed by atoms with Gasteiger partial charge in [0.05, 0.1) is 17.7 Å². The van der Waals surface area contributed by atoms with Gasteiger partial charge < -0.3 is 19.9 Å². The lowest BCUT2D eigenvalue weighted by Crippen LogP contribution is -2.44. The summed E-state index contributed by atoms with van der Waals surface area (Å²) in [5.41, 5.74) is 1.22. The van der Waals surface area contributed by atoms with Gasteiger partial charge in [-0.15, -0.1) is 0 Å². The van der Waals surface area contributed by atoms with Crippen LogP contribution in [0.15, 0.2) is 47.4 Å². The zero-order valence-electron chi connectivity index (χ0n) is 19.6. The summed E-state index contributed by atoms with van der Waals surface area (Å²) in [7, 11) is -0.274. The number of rotatable bonds is 10. The van der Waals surface area contributed by atoms with Crippen LogP contribution in [-0.4, -0.2) is 77.6 Å². The molecule has 0 unspecified atom stereocenters. The number of piperazine rings is 1. The highest BCUT2D eigenvalue weighted by molar-refractivity contribution is 7.92. The van der Waals surface area contributed by atoms with Gasteiger partial charge in [0.15, 0.2) is 0 Å². The van der Waals surface area contributed by atoms with Gasteiger partial charge in [0, 0.05) is 38.3 Å². The molecule has 1 aliphatic rings. The van der Waals surface area contributed by atoms with E-state index in [0.29, 0.717) is 29.1 Å². The molecule has 2 N–H and O–H groups in total. The predicted octanol–water partition coefficient (Wildman–Crippen LogP) is 2.56. The lowest BCUT2D eigenvalue weighted by molar-refractivity contribution is 0.0951. The molecule has 1 aliphatic heterocycles. The second-order valence-electron chi connectivity index (χ2n) is 8.39. The molecule has 0 bridgehead atoms. The molecule has 2 aromatic rings. The number of benzene rings is 2. The molecular formula is C24H34N4O4S. The van der Waals surface area contributed by atoms with Crippen molar-refractivity contribution in [1.82, 2.24) is 15.1 Å². The Morgan fingerprint density at radius 3 is 2.52 bits per heavy atom. The van der Waals surface area contributed by atoms with Crippen LogP contribution >= 0.6 is 0 Å². The van der Waals surface area contributed by atoms with Crippen molar-refractivity contribution in [3.8, 4) is 5.75 Å². The van der Waals surface area contributed by atoms with E-state index < -0.39 is 10.0 Å². The summed E-state index contributed by atoms with van der Waals surface area (Å²) in [6, 6.07) is 11.5. The van der Waals surface area contributed by atoms with Crippen LogP contribution in [0.4, 0.5) is 5.69 Å². The Hall–Kier alpha value is -2.62. The van der Waals surface area contributed by atoms with Crippen molar-refractivity contribution in [1.29, 1.82) is 0 Å². The largest absolute Gasteiger partial charge is 0.495 e. The van der Waals surface area contributed by atoms with E-state index in [-0.39, 0.29) is 10.8 Å². The first-order chi connectivity index (χ1) is 15.8. The molecule has 0 aromatic heterocycles. The third-order valence-electron chi connectivity index (χ3n) is 5.87. The molecule has 180 valence electrons. The molecule has 0 aliphatic carbocycles. The van der Waals surface area contributed by atoms with Crippen molar-refractivity contribution in [2.24, 2.45) is 0 Å². The van der Waals surface area contributed by atoms with Gasteiger partial charge in [-0.25, -0.2) is 8.42 Å². The fourth-order valence-corrected chi connectivity index (χ4v) is 5.14. The molecule has 8 nitrogen and oxygen atoms in total. The Balaban J connectivity index is 1.56. The van der Waals surface area contributed by atoms with E-state index in [0.717, 1.165) is 45.6 Å². The first kappa shape index (κ1) is 25.0. The average Bonchev–Trinajstić information content (AvgIpc) is 2.80. The molecule has 1 heterocycles. The molecule has 0 radical (unpaired) electrons. The lowest BCUT2D eigenvalue weighted by atomic mass is 10.1. The molecule has 3 rings (SSSR count). The van der Waals surface area contributed by atoms with E-state index in [1.165, 1.54) is 13.2 Å². The van der Waals surface area contributed by atoms with Crippen LogP contribution in [0.5, 0.6) is 5.75 Å². The van der Waals surface area contributed by atoms with Crippen molar-refractivity contribution in [3.05, 3.63) is 53.6 Å². The summed E-state index contributed by atoms with van der Waals surface area (Å²) in [5, 5.41) is 2.91. The molecule has 1 saturated heterocycles. The van der Waals surface area contributed by atoms with Crippen LogP contribution in [0.3, 0.4) is 0 Å². The number of likely N-dealkylation sites (N-methyl/N-ethyl adjacent to an activating group) is 1. The molecule has 2 aromatic carbocycles. The van der Waals surface area contributed by atoms with E-state index in [1.54, 1.807) is 43.3 Å². The number of nitrogens with zero attached hydrogens (tertiary/aromatic N) is 2. The van der Waals surface area contributed by atoms with Crippen LogP contribution in [0, 0.1) is 6.92 Å². The van der Waals surface area contributed by atoms with Gasteiger partial charge in [-0.1, -0.05) is 18.2 Å². The van der Waals surface area contributed by atoms with Crippen molar-refractivity contribution in [2.45, 2.75) is 24.7 Å². The first-order valence-corrected chi connectivity index (χ1v) is 12.7. The predicted molar refractivity (Wildman–Crippen MR) is 130 cm³/mol. The zero-order chi connectivity index (χ0) is 23.8. The van der Waals surface area contributed by atoms with E-state index in [4.69, 9.17) is 4.74 Å². The van der Waals surface area contributed by atoms with Crippen molar-refractivity contribution in [3.63, 3.8) is 0 Å². The van der Waals surface area contributed by atoms with E-state index >= 15 is 0 Å². The quantitative estimate of drug-likeness (QED) is 0.515. The Morgan fingerprint density at radius 2 is 1.79 bits per heavy atom. The SMILES string of the molecule is COc1ccccc1NS(=O)(=O)c1cc(C(=O)NCCCCN2CCN(C)CC2)ccc1C. The summed E-state index contributed by atoms with van der Waals surface area (Å²) >= 11 is 0. The molecular weight excluding hydrogens is 440 g/mol. The minimum Gasteiger partial charge on any atom is -0.495 e. The Morgan fingerprint density at radius 1 is 1.06 bits per heavy atom. The summed E-state index contributed by atoms with van der Waals surface area (Å²) < 4.78 is 33.9. The van der Waals surface area contributed by atoms with Crippen LogP contribution in [0.1, 0.15) is 28.8 Å². The second-order valence-corrected chi connectivity index (χ2v) is 10.0. The first-order valence-electron chi connectivity index (χ1n) is 11.3. The summed E-state index contributed by atoms with van der Waals surface area (Å²) in [6.07, 6.45) is 1.89. The van der Waals surface area contributed by atoms with Gasteiger partial charge in [-0.3, -0.25) is 9.52 Å². The van der Waals surface area contributed by atoms with Crippen LogP contribution in [0.2, 0.25) is 0 Å². The Kier molecular flexibility index (Phi) is 8.71. The highest BCUT2D eigenvalue weighted by Crippen LogP contribution is 2.27. The number of anilines is 1. The van der Waals surface area contributed by atoms with Gasteiger partial charge in [0.25, 0.3) is 15.9 Å². The zero-order valence-corrected chi connectivity index (χ0v) is 20.5. The van der Waals surface area contributed by atoms with E-state index in [9.17, 15) is 13.2 Å². The van der Waals surface area contributed by atoms with Gasteiger partial charge in [-0.05, 0) is 63.2 Å². The molecule has 0 saturated carbocycles. The normalized spacial score (nSPS) is 15.2. The standard InChI is InChI=1S/C24H34N4O4S/c1-19-10-11-20(24(29)25-12-6-7-13-28-16-14-27(2)15-17-28)18-23(19)33(30,31)26-21-8-4-5-9-22(21)32-3/h4-5,8-11,18,26H,6-7,12-17H2,1-3H3,(H,25,29). The average molecular weight is 475 g/mol. The third-order valence-corrected chi connectivity index (χ3v) is 7.38. The van der Waals surface area contributed by atoms with Crippen LogP contribution in [0.25, 0.3) is 0 Å². The molecule has 9 heteroatoms. The number of para-hydroxylation sites is 2. The fourth-order valence-electron chi connectivity index (χ4n) is 3.80. The van der Waals surface area contributed by atoms with E-state index in [1.807, 2.05) is 0 Å². The number of ether oxygens (including phenoxy) is 1. The lowest BCUT2D eigenvalue weighted by Gasteiger charge is -2.32. The fraction of sp³-hybridized carbons (Fsp3) is 0.458. The molecule has 33 heavy (non-hydrogen) atoms.